The van der Waals surface area contributed by atoms with E-state index in [-0.39, 0.29) is 12.2 Å². The normalized spacial score (nSPS) is 13.6. The molecule has 0 spiro atoms. The first-order valence-electron chi connectivity index (χ1n) is 6.86. The van der Waals surface area contributed by atoms with Crippen molar-refractivity contribution in [2.75, 3.05) is 20.7 Å². The lowest BCUT2D eigenvalue weighted by molar-refractivity contribution is -0.147. The standard InChI is InChI=1S/C15H20F2N2O3/c1-5-22-15(21)9(2)18-14(20)13(19(3)4)12-10(16)7-6-8-11(12)17/h6-9,13H,5H2,1-4H3,(H,18,20)/t9-,13-/m1/s1. The van der Waals surface area contributed by atoms with E-state index in [0.29, 0.717) is 0 Å². The summed E-state index contributed by atoms with van der Waals surface area (Å²) in [6, 6.07) is 1.27. The van der Waals surface area contributed by atoms with E-state index in [2.05, 4.69) is 5.32 Å². The minimum atomic E-state index is -1.20. The van der Waals surface area contributed by atoms with Crippen LogP contribution < -0.4 is 5.32 Å². The number of amides is 1. The Morgan fingerprint density at radius 3 is 2.27 bits per heavy atom. The predicted molar refractivity (Wildman–Crippen MR) is 77.0 cm³/mol. The molecule has 1 aromatic carbocycles. The van der Waals surface area contributed by atoms with Crippen LogP contribution in [-0.2, 0) is 14.3 Å². The van der Waals surface area contributed by atoms with Crippen molar-refractivity contribution in [3.05, 3.63) is 35.4 Å². The monoisotopic (exact) mass is 314 g/mol. The number of benzene rings is 1. The molecule has 0 radical (unpaired) electrons. The summed E-state index contributed by atoms with van der Waals surface area (Å²) in [5.41, 5.74) is -0.360. The Kier molecular flexibility index (Phi) is 6.42. The van der Waals surface area contributed by atoms with Gasteiger partial charge < -0.3 is 10.1 Å². The molecule has 0 aliphatic carbocycles. The van der Waals surface area contributed by atoms with Gasteiger partial charge in [0.05, 0.1) is 12.2 Å². The first-order chi connectivity index (χ1) is 10.3. The van der Waals surface area contributed by atoms with E-state index in [4.69, 9.17) is 4.74 Å². The fourth-order valence-electron chi connectivity index (χ4n) is 2.01. The second-order valence-electron chi connectivity index (χ2n) is 4.98. The van der Waals surface area contributed by atoms with E-state index in [1.807, 2.05) is 0 Å². The smallest absolute Gasteiger partial charge is 0.328 e. The van der Waals surface area contributed by atoms with Crippen LogP contribution in [0.25, 0.3) is 0 Å². The van der Waals surface area contributed by atoms with E-state index < -0.39 is 35.6 Å². The van der Waals surface area contributed by atoms with Crippen molar-refractivity contribution in [1.29, 1.82) is 0 Å². The highest BCUT2D eigenvalue weighted by Crippen LogP contribution is 2.24. The van der Waals surface area contributed by atoms with Gasteiger partial charge in [-0.05, 0) is 40.1 Å². The van der Waals surface area contributed by atoms with E-state index in [1.165, 1.54) is 32.0 Å². The maximum absolute atomic E-state index is 13.9. The first-order valence-corrected chi connectivity index (χ1v) is 6.86. The van der Waals surface area contributed by atoms with Gasteiger partial charge in [0.2, 0.25) is 5.91 Å². The van der Waals surface area contributed by atoms with Crippen LogP contribution in [0.15, 0.2) is 18.2 Å². The van der Waals surface area contributed by atoms with Crippen LogP contribution in [0.2, 0.25) is 0 Å². The van der Waals surface area contributed by atoms with E-state index in [0.717, 1.165) is 12.1 Å². The number of likely N-dealkylation sites (N-methyl/N-ethyl adjacent to an activating group) is 1. The number of halogens is 2. The lowest BCUT2D eigenvalue weighted by Crippen LogP contribution is -2.45. The van der Waals surface area contributed by atoms with Gasteiger partial charge in [0.1, 0.15) is 23.7 Å². The molecule has 22 heavy (non-hydrogen) atoms. The van der Waals surface area contributed by atoms with Gasteiger partial charge in [-0.25, -0.2) is 13.6 Å². The topological polar surface area (TPSA) is 58.6 Å². The summed E-state index contributed by atoms with van der Waals surface area (Å²) in [5.74, 6) is -2.94. The lowest BCUT2D eigenvalue weighted by Gasteiger charge is -2.25. The highest BCUT2D eigenvalue weighted by molar-refractivity contribution is 5.88. The summed E-state index contributed by atoms with van der Waals surface area (Å²) >= 11 is 0. The Bertz CT molecular complexity index is 529. The Labute approximate surface area is 128 Å². The van der Waals surface area contributed by atoms with Crippen LogP contribution in [0.5, 0.6) is 0 Å². The highest BCUT2D eigenvalue weighted by Gasteiger charge is 2.30. The largest absolute Gasteiger partial charge is 0.464 e. The van der Waals surface area contributed by atoms with Gasteiger partial charge in [-0.3, -0.25) is 9.69 Å². The maximum Gasteiger partial charge on any atom is 0.328 e. The average molecular weight is 314 g/mol. The number of hydrogen-bond acceptors (Lipinski definition) is 4. The summed E-state index contributed by atoms with van der Waals surface area (Å²) in [6.07, 6.45) is 0. The van der Waals surface area contributed by atoms with Crippen LogP contribution in [0.1, 0.15) is 25.5 Å². The van der Waals surface area contributed by atoms with Crippen molar-refractivity contribution in [2.24, 2.45) is 0 Å². The zero-order valence-electron chi connectivity index (χ0n) is 13.0. The molecule has 0 bridgehead atoms. The van der Waals surface area contributed by atoms with Crippen molar-refractivity contribution in [3.8, 4) is 0 Å². The second-order valence-corrected chi connectivity index (χ2v) is 4.98. The number of carbonyl (C=O) groups excluding carboxylic acids is 2. The minimum absolute atomic E-state index is 0.179. The molecule has 0 aliphatic rings. The van der Waals surface area contributed by atoms with Gasteiger partial charge >= 0.3 is 5.97 Å². The minimum Gasteiger partial charge on any atom is -0.464 e. The van der Waals surface area contributed by atoms with Crippen molar-refractivity contribution < 1.29 is 23.1 Å². The van der Waals surface area contributed by atoms with Crippen LogP contribution >= 0.6 is 0 Å². The summed E-state index contributed by atoms with van der Waals surface area (Å²) in [4.78, 5) is 25.2. The molecule has 1 N–H and O–H groups in total. The summed E-state index contributed by atoms with van der Waals surface area (Å²) in [7, 11) is 3.04. The number of carbonyl (C=O) groups is 2. The van der Waals surface area contributed by atoms with Gasteiger partial charge in [0, 0.05) is 0 Å². The quantitative estimate of drug-likeness (QED) is 0.811. The SMILES string of the molecule is CCOC(=O)[C@@H](C)NC(=O)[C@@H](c1c(F)cccc1F)N(C)C. The van der Waals surface area contributed by atoms with Gasteiger partial charge in [0.15, 0.2) is 0 Å². The Balaban J connectivity index is 3.02. The molecule has 0 saturated carbocycles. The van der Waals surface area contributed by atoms with Crippen LogP contribution in [0.3, 0.4) is 0 Å². The van der Waals surface area contributed by atoms with Gasteiger partial charge in [-0.2, -0.15) is 0 Å². The molecule has 1 amide bonds. The van der Waals surface area contributed by atoms with Crippen LogP contribution in [0.4, 0.5) is 8.78 Å². The molecule has 0 heterocycles. The molecule has 0 aromatic heterocycles. The number of ether oxygens (including phenoxy) is 1. The van der Waals surface area contributed by atoms with E-state index in [9.17, 15) is 18.4 Å². The van der Waals surface area contributed by atoms with Gasteiger partial charge in [0.25, 0.3) is 0 Å². The number of esters is 1. The molecule has 1 rings (SSSR count). The third-order valence-corrected chi connectivity index (χ3v) is 3.04. The zero-order chi connectivity index (χ0) is 16.9. The van der Waals surface area contributed by atoms with E-state index in [1.54, 1.807) is 6.92 Å². The zero-order valence-corrected chi connectivity index (χ0v) is 13.0. The van der Waals surface area contributed by atoms with Crippen molar-refractivity contribution in [1.82, 2.24) is 10.2 Å². The number of rotatable bonds is 6. The fourth-order valence-corrected chi connectivity index (χ4v) is 2.01. The molecule has 7 heteroatoms. The fraction of sp³-hybridized carbons (Fsp3) is 0.467. The first kappa shape index (κ1) is 18.0. The summed E-state index contributed by atoms with van der Waals surface area (Å²) in [6.45, 7) is 3.27. The highest BCUT2D eigenvalue weighted by atomic mass is 19.1. The lowest BCUT2D eigenvalue weighted by atomic mass is 10.0. The molecule has 0 aliphatic heterocycles. The molecular weight excluding hydrogens is 294 g/mol. The van der Waals surface area contributed by atoms with Gasteiger partial charge in [-0.15, -0.1) is 0 Å². The third-order valence-electron chi connectivity index (χ3n) is 3.04. The molecule has 5 nitrogen and oxygen atoms in total. The summed E-state index contributed by atoms with van der Waals surface area (Å²) in [5, 5.41) is 2.41. The number of nitrogens with zero attached hydrogens (tertiary/aromatic N) is 1. The predicted octanol–water partition coefficient (Wildman–Crippen LogP) is 1.64. The Morgan fingerprint density at radius 1 is 1.27 bits per heavy atom. The van der Waals surface area contributed by atoms with Crippen molar-refractivity contribution >= 4 is 11.9 Å². The second kappa shape index (κ2) is 7.84. The third kappa shape index (κ3) is 4.24. The van der Waals surface area contributed by atoms with Crippen LogP contribution in [-0.4, -0.2) is 43.5 Å². The number of nitrogens with one attached hydrogen (secondary N) is 1. The number of hydrogen-bond donors (Lipinski definition) is 1. The molecule has 122 valence electrons. The molecule has 0 fully saturated rings. The van der Waals surface area contributed by atoms with Crippen molar-refractivity contribution in [2.45, 2.75) is 25.9 Å². The average Bonchev–Trinajstić information content (AvgIpc) is 2.42. The summed E-state index contributed by atoms with van der Waals surface area (Å²) < 4.78 is 32.6. The molecule has 0 unspecified atom stereocenters. The van der Waals surface area contributed by atoms with Crippen molar-refractivity contribution in [3.63, 3.8) is 0 Å². The molecule has 2 atom stereocenters. The molecule has 0 saturated heterocycles. The van der Waals surface area contributed by atoms with E-state index >= 15 is 0 Å². The Hall–Kier alpha value is -2.02. The Morgan fingerprint density at radius 2 is 1.82 bits per heavy atom. The van der Waals surface area contributed by atoms with Crippen LogP contribution in [0, 0.1) is 11.6 Å². The molecule has 1 aromatic rings. The molecular formula is C15H20F2N2O3. The maximum atomic E-state index is 13.9. The van der Waals surface area contributed by atoms with Gasteiger partial charge in [-0.1, -0.05) is 6.07 Å².